The van der Waals surface area contributed by atoms with Crippen LogP contribution >= 0.6 is 0 Å². The van der Waals surface area contributed by atoms with Crippen molar-refractivity contribution < 1.29 is 13.9 Å². The van der Waals surface area contributed by atoms with Crippen LogP contribution in [0.2, 0.25) is 0 Å². The molecule has 0 saturated carbocycles. The van der Waals surface area contributed by atoms with Gasteiger partial charge in [0.1, 0.15) is 23.4 Å². The van der Waals surface area contributed by atoms with Gasteiger partial charge in [-0.1, -0.05) is 6.07 Å². The molecule has 142 valence electrons. The number of aryl methyl sites for hydroxylation is 2. The first kappa shape index (κ1) is 18.0. The number of rotatable bonds is 4. The maximum Gasteiger partial charge on any atom is 0.270 e. The van der Waals surface area contributed by atoms with E-state index >= 15 is 0 Å². The summed E-state index contributed by atoms with van der Waals surface area (Å²) in [7, 11) is 0. The Morgan fingerprint density at radius 1 is 1.25 bits per heavy atom. The minimum absolute atomic E-state index is 0.251. The van der Waals surface area contributed by atoms with E-state index in [2.05, 4.69) is 20.3 Å². The largest absolute Gasteiger partial charge is 0.487 e. The fourth-order valence-corrected chi connectivity index (χ4v) is 3.25. The second-order valence-corrected chi connectivity index (χ2v) is 6.72. The molecule has 7 heteroatoms. The second-order valence-electron chi connectivity index (χ2n) is 6.72. The van der Waals surface area contributed by atoms with Crippen molar-refractivity contribution in [1.29, 1.82) is 0 Å². The Morgan fingerprint density at radius 2 is 2.11 bits per heavy atom. The molecule has 3 aromatic rings. The van der Waals surface area contributed by atoms with E-state index in [0.29, 0.717) is 34.7 Å². The Bertz CT molecular complexity index is 1040. The van der Waals surface area contributed by atoms with Gasteiger partial charge < -0.3 is 10.1 Å². The topological polar surface area (TPSA) is 77.0 Å². The number of amides is 1. The van der Waals surface area contributed by atoms with Crippen molar-refractivity contribution in [3.05, 3.63) is 71.2 Å². The molecule has 2 aromatic heterocycles. The van der Waals surface area contributed by atoms with E-state index in [1.165, 1.54) is 6.07 Å². The average molecular weight is 378 g/mol. The highest BCUT2D eigenvalue weighted by Crippen LogP contribution is 2.40. The molecule has 1 N–H and O–H groups in total. The van der Waals surface area contributed by atoms with Crippen molar-refractivity contribution in [3.63, 3.8) is 0 Å². The van der Waals surface area contributed by atoms with Gasteiger partial charge in [0.2, 0.25) is 0 Å². The van der Waals surface area contributed by atoms with E-state index in [-0.39, 0.29) is 24.4 Å². The van der Waals surface area contributed by atoms with Crippen molar-refractivity contribution in [2.45, 2.75) is 26.4 Å². The van der Waals surface area contributed by atoms with E-state index in [4.69, 9.17) is 4.74 Å². The lowest BCUT2D eigenvalue weighted by Crippen LogP contribution is -2.34. The summed E-state index contributed by atoms with van der Waals surface area (Å²) in [4.78, 5) is 25.1. The Hall–Kier alpha value is -3.35. The number of halogens is 1. The zero-order chi connectivity index (χ0) is 19.7. The fraction of sp³-hybridized carbons (Fsp3) is 0.238. The zero-order valence-electron chi connectivity index (χ0n) is 15.6. The van der Waals surface area contributed by atoms with Crippen LogP contribution in [-0.4, -0.2) is 33.5 Å². The smallest absolute Gasteiger partial charge is 0.270 e. The number of carbonyl (C=O) groups excluding carboxylic acids is 1. The monoisotopic (exact) mass is 378 g/mol. The highest BCUT2D eigenvalue weighted by molar-refractivity contribution is 5.92. The predicted octanol–water partition coefficient (Wildman–Crippen LogP) is 3.03. The predicted molar refractivity (Wildman–Crippen MR) is 102 cm³/mol. The van der Waals surface area contributed by atoms with E-state index in [1.54, 1.807) is 36.7 Å². The Kier molecular flexibility index (Phi) is 4.73. The molecule has 1 aliphatic heterocycles. The Morgan fingerprint density at radius 3 is 2.89 bits per heavy atom. The highest BCUT2D eigenvalue weighted by Gasteiger charge is 2.30. The van der Waals surface area contributed by atoms with Crippen LogP contribution in [0.15, 0.2) is 42.7 Å². The molecule has 6 nitrogen and oxygen atoms in total. The molecular weight excluding hydrogens is 359 g/mol. The third-order valence-electron chi connectivity index (χ3n) is 4.64. The van der Waals surface area contributed by atoms with Crippen LogP contribution in [0.5, 0.6) is 5.75 Å². The molecule has 0 aliphatic carbocycles. The van der Waals surface area contributed by atoms with Gasteiger partial charge in [-0.3, -0.25) is 14.8 Å². The molecule has 1 atom stereocenters. The fourth-order valence-electron chi connectivity index (χ4n) is 3.25. The lowest BCUT2D eigenvalue weighted by atomic mass is 10.0. The van der Waals surface area contributed by atoms with E-state index < -0.39 is 0 Å². The SMILES string of the molecule is Cc1cnc(C)c(-c2ccc(F)c3c2O[C@H](CNC(=O)c2ccccn2)C3)n1. The lowest BCUT2D eigenvalue weighted by Gasteiger charge is -2.14. The van der Waals surface area contributed by atoms with Crippen LogP contribution in [0.25, 0.3) is 11.3 Å². The molecule has 0 radical (unpaired) electrons. The molecule has 28 heavy (non-hydrogen) atoms. The van der Waals surface area contributed by atoms with Crippen LogP contribution in [0.1, 0.15) is 27.4 Å². The lowest BCUT2D eigenvalue weighted by molar-refractivity contribution is 0.0928. The van der Waals surface area contributed by atoms with Crippen LogP contribution < -0.4 is 10.1 Å². The van der Waals surface area contributed by atoms with Gasteiger partial charge in [-0.15, -0.1) is 0 Å². The van der Waals surface area contributed by atoms with Gasteiger partial charge in [0.05, 0.1) is 23.6 Å². The summed E-state index contributed by atoms with van der Waals surface area (Å²) in [6.45, 7) is 3.97. The van der Waals surface area contributed by atoms with Crippen molar-refractivity contribution >= 4 is 5.91 Å². The first-order chi connectivity index (χ1) is 13.5. The molecule has 0 fully saturated rings. The van der Waals surface area contributed by atoms with Crippen molar-refractivity contribution in [2.75, 3.05) is 6.54 Å². The molecule has 0 unspecified atom stereocenters. The van der Waals surface area contributed by atoms with E-state index in [1.807, 2.05) is 13.8 Å². The van der Waals surface area contributed by atoms with Crippen molar-refractivity contribution in [1.82, 2.24) is 20.3 Å². The third-order valence-corrected chi connectivity index (χ3v) is 4.64. The summed E-state index contributed by atoms with van der Waals surface area (Å²) in [5, 5.41) is 2.80. The van der Waals surface area contributed by atoms with Gasteiger partial charge in [-0.05, 0) is 38.1 Å². The van der Waals surface area contributed by atoms with Crippen LogP contribution in [0.4, 0.5) is 4.39 Å². The summed E-state index contributed by atoms with van der Waals surface area (Å²) in [6.07, 6.45) is 3.26. The first-order valence-corrected chi connectivity index (χ1v) is 9.01. The number of ether oxygens (including phenoxy) is 1. The summed E-state index contributed by atoms with van der Waals surface area (Å²) < 4.78 is 20.4. The molecule has 1 aromatic carbocycles. The van der Waals surface area contributed by atoms with Crippen LogP contribution in [0, 0.1) is 19.7 Å². The number of benzene rings is 1. The van der Waals surface area contributed by atoms with Gasteiger partial charge in [-0.2, -0.15) is 0 Å². The van der Waals surface area contributed by atoms with Crippen LogP contribution in [0.3, 0.4) is 0 Å². The van der Waals surface area contributed by atoms with Crippen LogP contribution in [-0.2, 0) is 6.42 Å². The summed E-state index contributed by atoms with van der Waals surface area (Å²) in [6, 6.07) is 8.22. The quantitative estimate of drug-likeness (QED) is 0.755. The van der Waals surface area contributed by atoms with Gasteiger partial charge in [0.25, 0.3) is 5.91 Å². The van der Waals surface area contributed by atoms with E-state index in [9.17, 15) is 9.18 Å². The van der Waals surface area contributed by atoms with Crippen molar-refractivity contribution in [3.8, 4) is 17.0 Å². The summed E-state index contributed by atoms with van der Waals surface area (Å²) >= 11 is 0. The number of hydrogen-bond donors (Lipinski definition) is 1. The second kappa shape index (κ2) is 7.34. The molecular formula is C21H19FN4O2. The number of aromatic nitrogens is 3. The molecule has 1 aliphatic rings. The minimum Gasteiger partial charge on any atom is -0.487 e. The molecule has 0 bridgehead atoms. The molecule has 0 spiro atoms. The van der Waals surface area contributed by atoms with E-state index in [0.717, 1.165) is 11.4 Å². The Balaban J connectivity index is 1.55. The van der Waals surface area contributed by atoms with Gasteiger partial charge >= 0.3 is 0 Å². The standard InChI is InChI=1S/C21H19FN4O2/c1-12-10-24-13(2)19(26-12)15-6-7-17(22)16-9-14(28-20(15)16)11-25-21(27)18-5-3-4-8-23-18/h3-8,10,14H,9,11H2,1-2H3,(H,25,27)/t14-/m0/s1. The van der Waals surface area contributed by atoms with Crippen molar-refractivity contribution in [2.24, 2.45) is 0 Å². The normalized spacial score (nSPS) is 15.0. The summed E-state index contributed by atoms with van der Waals surface area (Å²) in [5.74, 6) is -0.142. The number of nitrogens with zero attached hydrogens (tertiary/aromatic N) is 3. The summed E-state index contributed by atoms with van der Waals surface area (Å²) in [5.41, 5.74) is 3.73. The number of pyridine rings is 1. The first-order valence-electron chi connectivity index (χ1n) is 9.01. The maximum absolute atomic E-state index is 14.4. The molecule has 3 heterocycles. The molecule has 4 rings (SSSR count). The zero-order valence-corrected chi connectivity index (χ0v) is 15.6. The van der Waals surface area contributed by atoms with Gasteiger partial charge in [0, 0.05) is 29.9 Å². The number of hydrogen-bond acceptors (Lipinski definition) is 5. The average Bonchev–Trinajstić information content (AvgIpc) is 3.14. The molecule has 1 amide bonds. The number of nitrogens with one attached hydrogen (secondary N) is 1. The third kappa shape index (κ3) is 3.43. The number of fused-ring (bicyclic) bond motifs is 1. The van der Waals surface area contributed by atoms with Gasteiger partial charge in [-0.25, -0.2) is 9.37 Å². The maximum atomic E-state index is 14.4. The Labute approximate surface area is 161 Å². The molecule has 0 saturated heterocycles. The highest BCUT2D eigenvalue weighted by atomic mass is 19.1. The number of carbonyl (C=O) groups is 1. The van der Waals surface area contributed by atoms with Gasteiger partial charge in [0.15, 0.2) is 0 Å². The minimum atomic E-state index is -0.364.